The average molecular weight is 724 g/mol. The van der Waals surface area contributed by atoms with Gasteiger partial charge in [-0.15, -0.1) is 0 Å². The van der Waals surface area contributed by atoms with Crippen LogP contribution in [0.4, 0.5) is 5.69 Å². The number of aryl methyl sites for hydroxylation is 1. The molecule has 284 valence electrons. The second-order valence-corrected chi connectivity index (χ2v) is 17.3. The Balaban J connectivity index is 1.32. The molecule has 0 unspecified atom stereocenters. The third kappa shape index (κ3) is 9.30. The predicted molar refractivity (Wildman–Crippen MR) is 212 cm³/mol. The van der Waals surface area contributed by atoms with E-state index in [0.29, 0.717) is 39.3 Å². The molecule has 3 aliphatic heterocycles. The lowest BCUT2D eigenvalue weighted by Crippen LogP contribution is -2.42. The van der Waals surface area contributed by atoms with Crippen molar-refractivity contribution in [2.75, 3.05) is 64.3 Å². The minimum Gasteiger partial charge on any atom is -0.459 e. The van der Waals surface area contributed by atoms with Crippen LogP contribution in [0.15, 0.2) is 70.8 Å². The van der Waals surface area contributed by atoms with Crippen LogP contribution in [0.2, 0.25) is 0 Å². The van der Waals surface area contributed by atoms with Crippen LogP contribution in [0.1, 0.15) is 85.1 Å². The van der Waals surface area contributed by atoms with Crippen molar-refractivity contribution < 1.29 is 23.5 Å². The number of carbonyl (C=O) groups is 2. The van der Waals surface area contributed by atoms with Crippen LogP contribution in [0.3, 0.4) is 0 Å². The van der Waals surface area contributed by atoms with Crippen LogP contribution in [-0.4, -0.2) is 92.3 Å². The SMILES string of the molecule is CN1/C(=C\C=C2/CCCc3cc4ccc(=[N+]5CCN(CC(=O)OC(C)(C)C)CCN(CC(=O)OC(C)(C)C)CC5)cc-4oc32)C(C)(C)c2ccccc21. The summed E-state index contributed by atoms with van der Waals surface area (Å²) in [6.45, 7) is 20.4. The molecule has 0 radical (unpaired) electrons. The quantitative estimate of drug-likeness (QED) is 0.219. The molecular formula is C44H59N4O5+. The lowest BCUT2D eigenvalue weighted by atomic mass is 9.83. The first kappa shape index (κ1) is 38.5. The van der Waals surface area contributed by atoms with Crippen molar-refractivity contribution in [1.82, 2.24) is 14.4 Å². The Morgan fingerprint density at radius 1 is 0.830 bits per heavy atom. The highest BCUT2D eigenvalue weighted by molar-refractivity contribution is 5.75. The highest BCUT2D eigenvalue weighted by Crippen LogP contribution is 2.47. The van der Waals surface area contributed by atoms with Crippen LogP contribution in [0.25, 0.3) is 16.9 Å². The van der Waals surface area contributed by atoms with E-state index < -0.39 is 11.2 Å². The smallest absolute Gasteiger partial charge is 0.320 e. The Morgan fingerprint density at radius 3 is 2.06 bits per heavy atom. The van der Waals surface area contributed by atoms with Gasteiger partial charge in [-0.1, -0.05) is 38.1 Å². The minimum atomic E-state index is -0.555. The number of benzene rings is 2. The Labute approximate surface area is 315 Å². The third-order valence-corrected chi connectivity index (χ3v) is 10.4. The van der Waals surface area contributed by atoms with Gasteiger partial charge in [0.2, 0.25) is 5.36 Å². The van der Waals surface area contributed by atoms with Crippen molar-refractivity contribution in [2.45, 2.75) is 91.3 Å². The Kier molecular flexibility index (Phi) is 11.1. The largest absolute Gasteiger partial charge is 0.459 e. The molecule has 5 aliphatic rings. The van der Waals surface area contributed by atoms with E-state index in [1.54, 1.807) is 0 Å². The zero-order valence-electron chi connectivity index (χ0n) is 33.4. The number of carbonyl (C=O) groups excluding carboxylic acids is 2. The first-order chi connectivity index (χ1) is 25.0. The van der Waals surface area contributed by atoms with E-state index in [4.69, 9.17) is 13.9 Å². The molecule has 0 N–H and O–H groups in total. The molecule has 1 saturated heterocycles. The van der Waals surface area contributed by atoms with Crippen LogP contribution >= 0.6 is 0 Å². The lowest BCUT2D eigenvalue weighted by Gasteiger charge is -2.26. The fourth-order valence-electron chi connectivity index (χ4n) is 7.87. The van der Waals surface area contributed by atoms with Crippen LogP contribution < -0.4 is 14.8 Å². The molecular weight excluding hydrogens is 665 g/mol. The molecule has 9 nitrogen and oxygen atoms in total. The van der Waals surface area contributed by atoms with Crippen molar-refractivity contribution in [3.05, 3.63) is 88.6 Å². The van der Waals surface area contributed by atoms with Gasteiger partial charge in [0.15, 0.2) is 13.1 Å². The molecule has 2 aliphatic carbocycles. The normalized spacial score (nSPS) is 20.2. The summed E-state index contributed by atoms with van der Waals surface area (Å²) in [7, 11) is 2.16. The summed E-state index contributed by atoms with van der Waals surface area (Å²) in [6, 6.07) is 17.4. The maximum Gasteiger partial charge on any atom is 0.320 e. The summed E-state index contributed by atoms with van der Waals surface area (Å²) in [5.41, 5.74) is 6.24. The van der Waals surface area contributed by atoms with E-state index >= 15 is 0 Å². The van der Waals surface area contributed by atoms with Gasteiger partial charge < -0.3 is 18.8 Å². The first-order valence-corrected chi connectivity index (χ1v) is 19.2. The van der Waals surface area contributed by atoms with Crippen molar-refractivity contribution >= 4 is 23.2 Å². The fourth-order valence-corrected chi connectivity index (χ4v) is 7.87. The summed E-state index contributed by atoms with van der Waals surface area (Å²) in [5, 5.41) is 1.05. The fraction of sp³-hybridized carbons (Fsp3) is 0.523. The zero-order valence-corrected chi connectivity index (χ0v) is 33.4. The van der Waals surface area contributed by atoms with Crippen LogP contribution in [0.5, 0.6) is 0 Å². The van der Waals surface area contributed by atoms with Crippen molar-refractivity contribution in [3.63, 3.8) is 0 Å². The molecule has 0 atom stereocenters. The number of ether oxygens (including phenoxy) is 2. The van der Waals surface area contributed by atoms with E-state index in [0.717, 1.165) is 41.7 Å². The summed E-state index contributed by atoms with van der Waals surface area (Å²) in [5.74, 6) is 1.33. The van der Waals surface area contributed by atoms with E-state index in [-0.39, 0.29) is 30.4 Å². The standard InChI is InChI=1S/C44H59N4O5/c1-42(2,3)52-39(49)29-46-21-22-47(30-40(50)53-43(4,5)6)24-26-48(25-23-46)34-19-17-32-27-33-14-12-13-31(41(33)51-37(32)28-34)18-20-38-44(7,8)35-15-10-11-16-36(35)45(38)9/h10-11,15-20,27-28H,12-14,21-26,29-30H2,1-9H3/q+1. The first-order valence-electron chi connectivity index (χ1n) is 19.2. The Morgan fingerprint density at radius 2 is 1.45 bits per heavy atom. The number of fused-ring (bicyclic) bond motifs is 3. The Hall–Kier alpha value is -4.21. The van der Waals surface area contributed by atoms with E-state index in [9.17, 15) is 9.59 Å². The zero-order chi connectivity index (χ0) is 38.1. The van der Waals surface area contributed by atoms with E-state index in [1.165, 1.54) is 28.1 Å². The van der Waals surface area contributed by atoms with Gasteiger partial charge in [-0.25, -0.2) is 4.58 Å². The van der Waals surface area contributed by atoms with Gasteiger partial charge in [-0.3, -0.25) is 19.4 Å². The highest BCUT2D eigenvalue weighted by Gasteiger charge is 2.38. The van der Waals surface area contributed by atoms with Crippen molar-refractivity contribution in [3.8, 4) is 11.3 Å². The molecule has 0 aromatic heterocycles. The molecule has 0 amide bonds. The molecule has 6 rings (SSSR count). The number of allylic oxidation sites excluding steroid dienone is 4. The average Bonchev–Trinajstić information content (AvgIpc) is 3.31. The summed E-state index contributed by atoms with van der Waals surface area (Å²) < 4.78 is 20.5. The second kappa shape index (κ2) is 15.3. The summed E-state index contributed by atoms with van der Waals surface area (Å²) in [4.78, 5) is 32.4. The van der Waals surface area contributed by atoms with Gasteiger partial charge in [-0.2, -0.15) is 0 Å². The number of rotatable bonds is 5. The maximum atomic E-state index is 12.9. The van der Waals surface area contributed by atoms with Gasteiger partial charge in [0.1, 0.15) is 22.7 Å². The lowest BCUT2D eigenvalue weighted by molar-refractivity contribution is -0.158. The number of hydrogen-bond donors (Lipinski definition) is 0. The van der Waals surface area contributed by atoms with Gasteiger partial charge in [-0.05, 0) is 102 Å². The number of para-hydroxylation sites is 1. The predicted octanol–water partition coefficient (Wildman–Crippen LogP) is 6.49. The van der Waals surface area contributed by atoms with Crippen molar-refractivity contribution in [2.24, 2.45) is 0 Å². The van der Waals surface area contributed by atoms with Crippen molar-refractivity contribution in [1.29, 1.82) is 0 Å². The molecule has 9 heteroatoms. The molecule has 0 spiro atoms. The Bertz CT molecular complexity index is 1900. The second-order valence-electron chi connectivity index (χ2n) is 17.3. The van der Waals surface area contributed by atoms with Crippen LogP contribution in [0, 0.1) is 0 Å². The molecule has 53 heavy (non-hydrogen) atoms. The molecule has 3 heterocycles. The topological polar surface area (TPSA) is 78.5 Å². The number of hydrogen-bond acceptors (Lipinski definition) is 8. The third-order valence-electron chi connectivity index (χ3n) is 10.4. The number of nitrogens with zero attached hydrogens (tertiary/aromatic N) is 4. The molecule has 1 fully saturated rings. The minimum absolute atomic E-state index is 0.0921. The van der Waals surface area contributed by atoms with Gasteiger partial charge in [0, 0.05) is 48.6 Å². The monoisotopic (exact) mass is 723 g/mol. The number of esters is 2. The van der Waals surface area contributed by atoms with E-state index in [1.807, 2.05) is 41.5 Å². The van der Waals surface area contributed by atoms with Gasteiger partial charge in [0.25, 0.3) is 0 Å². The summed E-state index contributed by atoms with van der Waals surface area (Å²) >= 11 is 0. The number of likely N-dealkylation sites (N-methyl/N-ethyl adjacent to an activating group) is 1. The van der Waals surface area contributed by atoms with Crippen LogP contribution in [-0.2, 0) is 30.9 Å². The molecule has 1 aromatic rings. The van der Waals surface area contributed by atoms with Gasteiger partial charge >= 0.3 is 11.9 Å². The van der Waals surface area contributed by atoms with Gasteiger partial charge in [0.05, 0.1) is 32.2 Å². The molecule has 1 aromatic carbocycles. The highest BCUT2D eigenvalue weighted by atomic mass is 16.6. The van der Waals surface area contributed by atoms with E-state index in [2.05, 4.69) is 101 Å². The maximum absolute atomic E-state index is 12.9. The molecule has 0 saturated carbocycles. The molecule has 0 bridgehead atoms. The summed E-state index contributed by atoms with van der Waals surface area (Å²) in [6.07, 6.45) is 7.62. The number of anilines is 1.